The van der Waals surface area contributed by atoms with Crippen molar-refractivity contribution >= 4 is 0 Å². The summed E-state index contributed by atoms with van der Waals surface area (Å²) in [5.41, 5.74) is 0. The molecule has 0 radical (unpaired) electrons. The number of likely N-dealkylation sites (N-methyl/N-ethyl adjacent to an activating group) is 1. The van der Waals surface area contributed by atoms with Crippen molar-refractivity contribution in [2.75, 3.05) is 32.7 Å². The van der Waals surface area contributed by atoms with Gasteiger partial charge in [0.05, 0.1) is 12.8 Å². The van der Waals surface area contributed by atoms with Gasteiger partial charge in [0.2, 0.25) is 5.82 Å². The summed E-state index contributed by atoms with van der Waals surface area (Å²) < 4.78 is 7.19. The first-order valence-corrected chi connectivity index (χ1v) is 7.29. The summed E-state index contributed by atoms with van der Waals surface area (Å²) in [6.07, 6.45) is 1.68. The molecule has 0 aromatic carbocycles. The first kappa shape index (κ1) is 13.3. The van der Waals surface area contributed by atoms with Crippen molar-refractivity contribution in [3.05, 3.63) is 30.0 Å². The summed E-state index contributed by atoms with van der Waals surface area (Å²) in [5.74, 6) is 1.82. The van der Waals surface area contributed by atoms with Gasteiger partial charge in [-0.2, -0.15) is 0 Å². The minimum Gasteiger partial charge on any atom is -0.467 e. The number of hydrogen-bond acceptors (Lipinski definition) is 4. The van der Waals surface area contributed by atoms with E-state index < -0.39 is 0 Å². The van der Waals surface area contributed by atoms with Crippen LogP contribution in [0.25, 0.3) is 0 Å². The fourth-order valence-corrected chi connectivity index (χ4v) is 2.73. The predicted octanol–water partition coefficient (Wildman–Crippen LogP) is -2.38. The quantitative estimate of drug-likeness (QED) is 0.641. The molecule has 1 aliphatic rings. The monoisotopic (exact) mass is 278 g/mol. The highest BCUT2D eigenvalue weighted by Gasteiger charge is 2.23. The molecule has 0 amide bonds. The third kappa shape index (κ3) is 3.05. The smallest absolute Gasteiger partial charge is 0.206 e. The van der Waals surface area contributed by atoms with Gasteiger partial charge in [0.1, 0.15) is 45.0 Å². The van der Waals surface area contributed by atoms with Crippen LogP contribution in [0.3, 0.4) is 0 Å². The molecule has 0 saturated carbocycles. The molecule has 0 aliphatic carbocycles. The first-order valence-electron chi connectivity index (χ1n) is 7.29. The molecule has 108 valence electrons. The number of aromatic nitrogens is 4. The van der Waals surface area contributed by atoms with E-state index in [-0.39, 0.29) is 0 Å². The third-order valence-corrected chi connectivity index (χ3v) is 4.06. The predicted molar refractivity (Wildman–Crippen MR) is 71.3 cm³/mol. The van der Waals surface area contributed by atoms with E-state index in [1.54, 1.807) is 16.1 Å². The van der Waals surface area contributed by atoms with E-state index in [0.717, 1.165) is 18.1 Å². The standard InChI is InChI=1S/C13H20N6O/c1-2-17-5-7-18(8-6-17)11-13-14-15-16-19(13)10-12-4-3-9-20-12/h3-4,9H,2,5-8,10-11H2,1H3/p+2. The third-order valence-electron chi connectivity index (χ3n) is 4.06. The van der Waals surface area contributed by atoms with Crippen LogP contribution in [0, 0.1) is 0 Å². The topological polar surface area (TPSA) is 65.6 Å². The van der Waals surface area contributed by atoms with E-state index in [1.165, 1.54) is 32.7 Å². The molecule has 2 aromatic heterocycles. The molecule has 0 spiro atoms. The molecule has 7 nitrogen and oxygen atoms in total. The van der Waals surface area contributed by atoms with E-state index in [9.17, 15) is 0 Å². The number of tetrazole rings is 1. The lowest BCUT2D eigenvalue weighted by atomic mass is 10.3. The Labute approximate surface area is 118 Å². The van der Waals surface area contributed by atoms with Crippen LogP contribution in [-0.2, 0) is 13.1 Å². The summed E-state index contributed by atoms with van der Waals surface area (Å²) in [6, 6.07) is 3.83. The molecule has 20 heavy (non-hydrogen) atoms. The van der Waals surface area contributed by atoms with Crippen molar-refractivity contribution in [1.82, 2.24) is 20.2 Å². The van der Waals surface area contributed by atoms with Gasteiger partial charge in [-0.05, 0) is 29.5 Å². The van der Waals surface area contributed by atoms with Gasteiger partial charge in [-0.3, -0.25) is 0 Å². The van der Waals surface area contributed by atoms with Crippen LogP contribution in [0.15, 0.2) is 22.8 Å². The summed E-state index contributed by atoms with van der Waals surface area (Å²) in [4.78, 5) is 3.27. The van der Waals surface area contributed by atoms with Crippen LogP contribution in [0.2, 0.25) is 0 Å². The lowest BCUT2D eigenvalue weighted by molar-refractivity contribution is -1.02. The number of nitrogens with zero attached hydrogens (tertiary/aromatic N) is 4. The zero-order valence-corrected chi connectivity index (χ0v) is 11.9. The van der Waals surface area contributed by atoms with Crippen molar-refractivity contribution in [3.8, 4) is 0 Å². The number of quaternary nitrogens is 2. The van der Waals surface area contributed by atoms with Crippen molar-refractivity contribution in [1.29, 1.82) is 0 Å². The Balaban J connectivity index is 1.59. The van der Waals surface area contributed by atoms with Crippen molar-refractivity contribution in [2.24, 2.45) is 0 Å². The van der Waals surface area contributed by atoms with Gasteiger partial charge < -0.3 is 14.2 Å². The average molecular weight is 278 g/mol. The Hall–Kier alpha value is -1.73. The van der Waals surface area contributed by atoms with Crippen molar-refractivity contribution < 1.29 is 14.2 Å². The minimum absolute atomic E-state index is 0.606. The van der Waals surface area contributed by atoms with Crippen LogP contribution >= 0.6 is 0 Å². The molecule has 2 aromatic rings. The van der Waals surface area contributed by atoms with Gasteiger partial charge in [0, 0.05) is 0 Å². The Bertz CT molecular complexity index is 515. The zero-order valence-electron chi connectivity index (χ0n) is 11.9. The molecular formula is C13H22N6O+2. The molecule has 3 heterocycles. The van der Waals surface area contributed by atoms with E-state index in [2.05, 4.69) is 22.4 Å². The van der Waals surface area contributed by atoms with Crippen molar-refractivity contribution in [2.45, 2.75) is 20.0 Å². The number of hydrogen-bond donors (Lipinski definition) is 2. The van der Waals surface area contributed by atoms with Crippen LogP contribution in [0.5, 0.6) is 0 Å². The maximum atomic E-state index is 5.35. The van der Waals surface area contributed by atoms with Gasteiger partial charge in [-0.25, -0.2) is 4.68 Å². The number of nitrogens with one attached hydrogen (secondary N) is 2. The van der Waals surface area contributed by atoms with Crippen LogP contribution < -0.4 is 9.80 Å². The highest BCUT2D eigenvalue weighted by Crippen LogP contribution is 2.03. The summed E-state index contributed by atoms with van der Waals surface area (Å²) >= 11 is 0. The van der Waals surface area contributed by atoms with Gasteiger partial charge in [-0.15, -0.1) is 5.10 Å². The highest BCUT2D eigenvalue weighted by atomic mass is 16.3. The molecule has 7 heteroatoms. The number of furan rings is 1. The van der Waals surface area contributed by atoms with Crippen LogP contribution in [0.1, 0.15) is 18.5 Å². The lowest BCUT2D eigenvalue weighted by Crippen LogP contribution is -3.27. The largest absolute Gasteiger partial charge is 0.467 e. The minimum atomic E-state index is 0.606. The molecule has 3 rings (SSSR count). The summed E-state index contributed by atoms with van der Waals surface area (Å²) in [7, 11) is 0. The highest BCUT2D eigenvalue weighted by molar-refractivity contribution is 4.99. The lowest BCUT2D eigenvalue weighted by Gasteiger charge is -2.28. The molecule has 1 saturated heterocycles. The van der Waals surface area contributed by atoms with Crippen LogP contribution in [0.4, 0.5) is 0 Å². The number of rotatable bonds is 5. The average Bonchev–Trinajstić information content (AvgIpc) is 3.13. The second-order valence-electron chi connectivity index (χ2n) is 5.36. The molecule has 0 unspecified atom stereocenters. The van der Waals surface area contributed by atoms with Gasteiger partial charge in [0.25, 0.3) is 0 Å². The normalized spacial score (nSPS) is 23.1. The molecule has 1 aliphatic heterocycles. The maximum absolute atomic E-state index is 5.35. The van der Waals surface area contributed by atoms with E-state index in [1.807, 2.05) is 16.8 Å². The van der Waals surface area contributed by atoms with E-state index >= 15 is 0 Å². The van der Waals surface area contributed by atoms with Crippen LogP contribution in [-0.4, -0.2) is 52.9 Å². The molecular weight excluding hydrogens is 256 g/mol. The maximum Gasteiger partial charge on any atom is 0.206 e. The summed E-state index contributed by atoms with van der Waals surface area (Å²) in [6.45, 7) is 9.85. The second kappa shape index (κ2) is 6.15. The Morgan fingerprint density at radius 1 is 1.25 bits per heavy atom. The van der Waals surface area contributed by atoms with Gasteiger partial charge in [-0.1, -0.05) is 0 Å². The Morgan fingerprint density at radius 2 is 2.05 bits per heavy atom. The van der Waals surface area contributed by atoms with Gasteiger partial charge in [0.15, 0.2) is 0 Å². The van der Waals surface area contributed by atoms with E-state index in [4.69, 9.17) is 4.42 Å². The van der Waals surface area contributed by atoms with Crippen molar-refractivity contribution in [3.63, 3.8) is 0 Å². The molecule has 0 atom stereocenters. The van der Waals surface area contributed by atoms with E-state index in [0.29, 0.717) is 6.54 Å². The SMILES string of the molecule is CC[NH+]1CC[NH+](Cc2nnnn2Cc2ccco2)CC1. The fraction of sp³-hybridized carbons (Fsp3) is 0.615. The fourth-order valence-electron chi connectivity index (χ4n) is 2.73. The van der Waals surface area contributed by atoms with Gasteiger partial charge >= 0.3 is 0 Å². The number of piperazine rings is 1. The Morgan fingerprint density at radius 3 is 2.75 bits per heavy atom. The molecule has 1 fully saturated rings. The first-order chi connectivity index (χ1) is 9.85. The zero-order chi connectivity index (χ0) is 13.8. The molecule has 0 bridgehead atoms. The Kier molecular flexibility index (Phi) is 4.08. The molecule has 2 N–H and O–H groups in total. The second-order valence-corrected chi connectivity index (χ2v) is 5.36. The summed E-state index contributed by atoms with van der Waals surface area (Å²) in [5, 5.41) is 12.0.